The Morgan fingerprint density at radius 1 is 1.07 bits per heavy atom. The van der Waals surface area contributed by atoms with E-state index in [1.807, 2.05) is 41.3 Å². The molecule has 3 heterocycles. The van der Waals surface area contributed by atoms with Crippen LogP contribution >= 0.6 is 0 Å². The van der Waals surface area contributed by atoms with Crippen molar-refractivity contribution < 1.29 is 14.1 Å². The maximum absolute atomic E-state index is 12.6. The monoisotopic (exact) mass is 378 g/mol. The van der Waals surface area contributed by atoms with E-state index >= 15 is 0 Å². The molecule has 1 atom stereocenters. The number of carbonyl (C=O) groups excluding carboxylic acids is 1. The van der Waals surface area contributed by atoms with Crippen LogP contribution in [0.15, 0.2) is 53.1 Å². The Balaban J connectivity index is 1.14. The van der Waals surface area contributed by atoms with Gasteiger partial charge in [-0.1, -0.05) is 35.5 Å². The van der Waals surface area contributed by atoms with Crippen LogP contribution in [0, 0.1) is 0 Å². The van der Waals surface area contributed by atoms with Crippen LogP contribution in [-0.2, 0) is 6.42 Å². The fraction of sp³-hybridized carbons (Fsp3) is 0.333. The summed E-state index contributed by atoms with van der Waals surface area (Å²) >= 11 is 0. The number of benzene rings is 2. The molecule has 7 nitrogen and oxygen atoms in total. The van der Waals surface area contributed by atoms with Crippen LogP contribution in [0.3, 0.4) is 0 Å². The largest absolute Gasteiger partial charge is 0.488 e. The topological polar surface area (TPSA) is 70.8 Å². The van der Waals surface area contributed by atoms with E-state index in [1.165, 1.54) is 5.56 Å². The second-order valence-electron chi connectivity index (χ2n) is 7.30. The first-order valence-electron chi connectivity index (χ1n) is 9.63. The smallest absolute Gasteiger partial charge is 0.323 e. The van der Waals surface area contributed by atoms with Crippen molar-refractivity contribution in [3.05, 3.63) is 54.1 Å². The summed E-state index contributed by atoms with van der Waals surface area (Å²) in [6, 6.07) is 15.6. The van der Waals surface area contributed by atoms with Gasteiger partial charge in [0, 0.05) is 39.1 Å². The average molecular weight is 378 g/mol. The second-order valence-corrected chi connectivity index (χ2v) is 7.30. The third kappa shape index (κ3) is 3.29. The number of fused-ring (bicyclic) bond motifs is 2. The van der Waals surface area contributed by atoms with Crippen LogP contribution in [0.4, 0.5) is 10.6 Å². The summed E-state index contributed by atoms with van der Waals surface area (Å²) in [5, 5.41) is 7.66. The molecule has 3 aromatic rings. The molecule has 2 amide bonds. The Morgan fingerprint density at radius 3 is 2.71 bits per heavy atom. The lowest BCUT2D eigenvalue weighted by Crippen LogP contribution is -2.51. The van der Waals surface area contributed by atoms with Crippen molar-refractivity contribution in [3.8, 4) is 5.75 Å². The molecule has 1 N–H and O–H groups in total. The van der Waals surface area contributed by atoms with E-state index in [2.05, 4.69) is 27.5 Å². The van der Waals surface area contributed by atoms with Gasteiger partial charge in [0.1, 0.15) is 11.9 Å². The molecule has 2 aromatic carbocycles. The molecule has 0 saturated carbocycles. The maximum atomic E-state index is 12.6. The molecule has 0 spiro atoms. The van der Waals surface area contributed by atoms with Gasteiger partial charge < -0.3 is 14.2 Å². The molecular weight excluding hydrogens is 356 g/mol. The van der Waals surface area contributed by atoms with Gasteiger partial charge in [0.15, 0.2) is 11.4 Å². The molecule has 1 fully saturated rings. The SMILES string of the molecule is O=C(Nc1noc2ccccc12)N1CCN(CC2Cc3ccccc3O2)CC1. The summed E-state index contributed by atoms with van der Waals surface area (Å²) in [6.07, 6.45) is 1.15. The Morgan fingerprint density at radius 2 is 1.86 bits per heavy atom. The van der Waals surface area contributed by atoms with Crippen LogP contribution in [0.5, 0.6) is 5.75 Å². The van der Waals surface area contributed by atoms with Gasteiger partial charge in [0.2, 0.25) is 0 Å². The number of ether oxygens (including phenoxy) is 1. The van der Waals surface area contributed by atoms with Gasteiger partial charge in [-0.15, -0.1) is 0 Å². The first-order chi connectivity index (χ1) is 13.8. The highest BCUT2D eigenvalue weighted by molar-refractivity contribution is 5.98. The Hall–Kier alpha value is -3.06. The normalized spacial score (nSPS) is 19.4. The number of nitrogens with one attached hydrogen (secondary N) is 1. The Kier molecular flexibility index (Phi) is 4.37. The third-order valence-corrected chi connectivity index (χ3v) is 5.44. The number of aromatic nitrogens is 1. The number of para-hydroxylation sites is 2. The minimum absolute atomic E-state index is 0.136. The predicted octanol–water partition coefficient (Wildman–Crippen LogP) is 2.98. The standard InChI is InChI=1S/C21H22N4O3/c26-21(22-20-17-6-2-4-8-19(17)28-23-20)25-11-9-24(10-12-25)14-16-13-15-5-1-3-7-18(15)27-16/h1-8,16H,9-14H2,(H,22,23,26). The second kappa shape index (κ2) is 7.16. The molecule has 2 aliphatic heterocycles. The van der Waals surface area contributed by atoms with Gasteiger partial charge >= 0.3 is 6.03 Å². The molecule has 1 unspecified atom stereocenters. The highest BCUT2D eigenvalue weighted by atomic mass is 16.5. The van der Waals surface area contributed by atoms with Crippen LogP contribution in [0.2, 0.25) is 0 Å². The molecular formula is C21H22N4O3. The number of carbonyl (C=O) groups is 1. The van der Waals surface area contributed by atoms with Gasteiger partial charge in [-0.3, -0.25) is 10.2 Å². The van der Waals surface area contributed by atoms with Gasteiger partial charge in [0.05, 0.1) is 5.39 Å². The van der Waals surface area contributed by atoms with Crippen LogP contribution in [0.25, 0.3) is 11.0 Å². The van der Waals surface area contributed by atoms with Crippen molar-refractivity contribution in [2.45, 2.75) is 12.5 Å². The highest BCUT2D eigenvalue weighted by Gasteiger charge is 2.28. The van der Waals surface area contributed by atoms with Crippen molar-refractivity contribution in [1.29, 1.82) is 0 Å². The van der Waals surface area contributed by atoms with E-state index < -0.39 is 0 Å². The zero-order chi connectivity index (χ0) is 18.9. The molecule has 2 aliphatic rings. The van der Waals surface area contributed by atoms with Gasteiger partial charge in [0.25, 0.3) is 0 Å². The van der Waals surface area contributed by atoms with E-state index in [9.17, 15) is 4.79 Å². The molecule has 0 bridgehead atoms. The number of piperazine rings is 1. The van der Waals surface area contributed by atoms with E-state index in [1.54, 1.807) is 0 Å². The lowest BCUT2D eigenvalue weighted by atomic mass is 10.1. The van der Waals surface area contributed by atoms with E-state index in [0.29, 0.717) is 24.5 Å². The predicted molar refractivity (Wildman–Crippen MR) is 106 cm³/mol. The molecule has 0 radical (unpaired) electrons. The minimum atomic E-state index is -0.136. The van der Waals surface area contributed by atoms with E-state index in [-0.39, 0.29) is 12.1 Å². The molecule has 1 saturated heterocycles. The fourth-order valence-electron chi connectivity index (χ4n) is 3.93. The molecule has 5 rings (SSSR count). The average Bonchev–Trinajstić information content (AvgIpc) is 3.32. The molecule has 7 heteroatoms. The molecule has 1 aromatic heterocycles. The molecule has 28 heavy (non-hydrogen) atoms. The summed E-state index contributed by atoms with van der Waals surface area (Å²) in [5.74, 6) is 1.48. The van der Waals surface area contributed by atoms with E-state index in [0.717, 1.165) is 37.2 Å². The lowest BCUT2D eigenvalue weighted by Gasteiger charge is -2.35. The number of hydrogen-bond acceptors (Lipinski definition) is 5. The number of anilines is 1. The van der Waals surface area contributed by atoms with Gasteiger partial charge in [-0.05, 0) is 23.8 Å². The highest BCUT2D eigenvalue weighted by Crippen LogP contribution is 2.28. The van der Waals surface area contributed by atoms with Crippen LogP contribution in [0.1, 0.15) is 5.56 Å². The zero-order valence-corrected chi connectivity index (χ0v) is 15.5. The van der Waals surface area contributed by atoms with Crippen molar-refractivity contribution in [2.75, 3.05) is 38.0 Å². The van der Waals surface area contributed by atoms with Crippen molar-refractivity contribution in [2.24, 2.45) is 0 Å². The number of nitrogens with zero attached hydrogens (tertiary/aromatic N) is 3. The number of amides is 2. The van der Waals surface area contributed by atoms with E-state index in [4.69, 9.17) is 9.26 Å². The van der Waals surface area contributed by atoms with Gasteiger partial charge in [-0.2, -0.15) is 0 Å². The Labute approximate surface area is 162 Å². The van der Waals surface area contributed by atoms with Crippen LogP contribution < -0.4 is 10.1 Å². The quantitative estimate of drug-likeness (QED) is 0.759. The molecule has 144 valence electrons. The lowest BCUT2D eigenvalue weighted by molar-refractivity contribution is 0.105. The number of urea groups is 1. The third-order valence-electron chi connectivity index (χ3n) is 5.44. The van der Waals surface area contributed by atoms with Crippen molar-refractivity contribution in [1.82, 2.24) is 15.0 Å². The first kappa shape index (κ1) is 17.1. The summed E-state index contributed by atoms with van der Waals surface area (Å²) in [4.78, 5) is 16.8. The summed E-state index contributed by atoms with van der Waals surface area (Å²) in [5.41, 5.74) is 1.95. The van der Waals surface area contributed by atoms with Crippen LogP contribution in [-0.4, -0.2) is 59.8 Å². The van der Waals surface area contributed by atoms with Crippen molar-refractivity contribution >= 4 is 22.8 Å². The minimum Gasteiger partial charge on any atom is -0.488 e. The summed E-state index contributed by atoms with van der Waals surface area (Å²) in [6.45, 7) is 3.92. The first-order valence-corrected chi connectivity index (χ1v) is 9.63. The molecule has 0 aliphatic carbocycles. The number of rotatable bonds is 3. The summed E-state index contributed by atoms with van der Waals surface area (Å²) in [7, 11) is 0. The number of hydrogen-bond donors (Lipinski definition) is 1. The zero-order valence-electron chi connectivity index (χ0n) is 15.5. The maximum Gasteiger partial charge on any atom is 0.323 e. The van der Waals surface area contributed by atoms with Gasteiger partial charge in [-0.25, -0.2) is 4.79 Å². The fourth-order valence-corrected chi connectivity index (χ4v) is 3.93. The Bertz CT molecular complexity index is 969. The van der Waals surface area contributed by atoms with Crippen molar-refractivity contribution in [3.63, 3.8) is 0 Å². The summed E-state index contributed by atoms with van der Waals surface area (Å²) < 4.78 is 11.3.